The molecule has 20 heavy (non-hydrogen) atoms. The number of rotatable bonds is 4. The molecule has 1 atom stereocenters. The van der Waals surface area contributed by atoms with Gasteiger partial charge in [0.15, 0.2) is 4.34 Å². The van der Waals surface area contributed by atoms with Crippen molar-refractivity contribution in [1.82, 2.24) is 4.98 Å². The third-order valence-corrected chi connectivity index (χ3v) is 5.35. The molecule has 0 N–H and O–H groups in total. The van der Waals surface area contributed by atoms with Gasteiger partial charge in [-0.1, -0.05) is 54.2 Å². The summed E-state index contributed by atoms with van der Waals surface area (Å²) in [5, 5.41) is 9.18. The quantitative estimate of drug-likeness (QED) is 0.633. The van der Waals surface area contributed by atoms with E-state index in [1.54, 1.807) is 23.1 Å². The van der Waals surface area contributed by atoms with Crippen LogP contribution >= 0.6 is 23.1 Å². The Balaban J connectivity index is 1.88. The van der Waals surface area contributed by atoms with E-state index >= 15 is 0 Å². The van der Waals surface area contributed by atoms with Gasteiger partial charge in [0.2, 0.25) is 0 Å². The maximum Gasteiger partial charge on any atom is 0.151 e. The minimum absolute atomic E-state index is 0.141. The van der Waals surface area contributed by atoms with Crippen LogP contribution in [0.2, 0.25) is 0 Å². The van der Waals surface area contributed by atoms with Gasteiger partial charge in [0.05, 0.1) is 22.7 Å². The Bertz CT molecular complexity index is 711. The molecule has 2 aromatic carbocycles. The van der Waals surface area contributed by atoms with Gasteiger partial charge in [-0.15, -0.1) is 11.3 Å². The molecule has 0 saturated carbocycles. The minimum Gasteiger partial charge on any atom is -0.230 e. The summed E-state index contributed by atoms with van der Waals surface area (Å²) >= 11 is 3.37. The summed E-state index contributed by atoms with van der Waals surface area (Å²) in [5.41, 5.74) is 2.21. The average molecular weight is 296 g/mol. The number of para-hydroxylation sites is 1. The number of hydrogen-bond donors (Lipinski definition) is 0. The van der Waals surface area contributed by atoms with Gasteiger partial charge in [-0.25, -0.2) is 4.98 Å². The normalized spacial score (nSPS) is 12.2. The van der Waals surface area contributed by atoms with Crippen LogP contribution in [-0.2, 0) is 0 Å². The third-order valence-electron chi connectivity index (χ3n) is 2.97. The highest BCUT2D eigenvalue weighted by atomic mass is 32.2. The summed E-state index contributed by atoms with van der Waals surface area (Å²) < 4.78 is 2.22. The molecule has 3 rings (SSSR count). The lowest BCUT2D eigenvalue weighted by Gasteiger charge is -2.11. The highest BCUT2D eigenvalue weighted by Gasteiger charge is 2.15. The summed E-state index contributed by atoms with van der Waals surface area (Å²) in [6.45, 7) is 0. The van der Waals surface area contributed by atoms with E-state index in [4.69, 9.17) is 5.26 Å². The summed E-state index contributed by atoms with van der Waals surface area (Å²) in [6.07, 6.45) is 0.491. The first-order valence-electron chi connectivity index (χ1n) is 6.31. The third kappa shape index (κ3) is 2.84. The summed E-state index contributed by atoms with van der Waals surface area (Å²) in [4.78, 5) is 4.63. The van der Waals surface area contributed by atoms with E-state index in [2.05, 4.69) is 29.3 Å². The number of aromatic nitrogens is 1. The van der Waals surface area contributed by atoms with Crippen molar-refractivity contribution in [1.29, 1.82) is 5.26 Å². The Morgan fingerprint density at radius 3 is 2.60 bits per heavy atom. The molecule has 1 heterocycles. The van der Waals surface area contributed by atoms with Gasteiger partial charge < -0.3 is 0 Å². The fourth-order valence-corrected chi connectivity index (χ4v) is 4.35. The van der Waals surface area contributed by atoms with E-state index in [-0.39, 0.29) is 5.25 Å². The van der Waals surface area contributed by atoms with Crippen molar-refractivity contribution >= 4 is 33.3 Å². The molecule has 0 aliphatic heterocycles. The molecule has 0 aliphatic carbocycles. The first kappa shape index (κ1) is 13.2. The fraction of sp³-hybridized carbons (Fsp3) is 0.125. The maximum atomic E-state index is 9.04. The van der Waals surface area contributed by atoms with Crippen molar-refractivity contribution in [3.63, 3.8) is 0 Å². The number of fused-ring (bicyclic) bond motifs is 1. The van der Waals surface area contributed by atoms with E-state index in [0.29, 0.717) is 6.42 Å². The van der Waals surface area contributed by atoms with Crippen LogP contribution in [0.25, 0.3) is 10.2 Å². The zero-order valence-corrected chi connectivity index (χ0v) is 12.3. The molecule has 0 aliphatic rings. The van der Waals surface area contributed by atoms with Crippen LogP contribution in [0.4, 0.5) is 0 Å². The number of benzene rings is 2. The minimum atomic E-state index is 0.141. The van der Waals surface area contributed by atoms with Crippen molar-refractivity contribution in [3.05, 3.63) is 60.2 Å². The standard InChI is InChI=1S/C16H12N2S2/c17-11-10-14(12-6-2-1-3-7-12)19-16-18-13-8-4-5-9-15(13)20-16/h1-9,14H,10H2. The second-order valence-electron chi connectivity index (χ2n) is 4.33. The van der Waals surface area contributed by atoms with Crippen LogP contribution in [0.15, 0.2) is 58.9 Å². The number of thiazole rings is 1. The lowest BCUT2D eigenvalue weighted by atomic mass is 10.1. The topological polar surface area (TPSA) is 36.7 Å². The predicted octanol–water partition coefficient (Wildman–Crippen LogP) is 5.04. The highest BCUT2D eigenvalue weighted by Crippen LogP contribution is 2.40. The second kappa shape index (κ2) is 6.08. The fourth-order valence-electron chi connectivity index (χ4n) is 2.00. The lowest BCUT2D eigenvalue weighted by molar-refractivity contribution is 0.976. The Labute approximate surface area is 126 Å². The van der Waals surface area contributed by atoms with Gasteiger partial charge in [-0.2, -0.15) is 5.26 Å². The first-order chi connectivity index (χ1) is 9.86. The number of nitrogens with zero attached hydrogens (tertiary/aromatic N) is 2. The van der Waals surface area contributed by atoms with Crippen LogP contribution < -0.4 is 0 Å². The van der Waals surface area contributed by atoms with Gasteiger partial charge in [-0.05, 0) is 17.7 Å². The molecular weight excluding hydrogens is 284 g/mol. The zero-order chi connectivity index (χ0) is 13.8. The first-order valence-corrected chi connectivity index (χ1v) is 8.00. The number of nitriles is 1. The Hall–Kier alpha value is -1.83. The van der Waals surface area contributed by atoms with Crippen LogP contribution in [0, 0.1) is 11.3 Å². The van der Waals surface area contributed by atoms with E-state index in [9.17, 15) is 0 Å². The van der Waals surface area contributed by atoms with E-state index in [0.717, 1.165) is 9.86 Å². The smallest absolute Gasteiger partial charge is 0.151 e. The Morgan fingerprint density at radius 2 is 1.85 bits per heavy atom. The van der Waals surface area contributed by atoms with E-state index in [1.807, 2.05) is 36.4 Å². The van der Waals surface area contributed by atoms with Crippen molar-refractivity contribution in [2.45, 2.75) is 16.0 Å². The molecule has 2 nitrogen and oxygen atoms in total. The number of thioether (sulfide) groups is 1. The SMILES string of the molecule is N#CCC(Sc1nc2ccccc2s1)c1ccccc1. The molecular formula is C16H12N2S2. The monoisotopic (exact) mass is 296 g/mol. The van der Waals surface area contributed by atoms with Crippen molar-refractivity contribution in [2.75, 3.05) is 0 Å². The molecule has 0 spiro atoms. The van der Waals surface area contributed by atoms with Gasteiger partial charge in [-0.3, -0.25) is 0 Å². The summed E-state index contributed by atoms with van der Waals surface area (Å²) in [6, 6.07) is 20.6. The molecule has 3 aromatic rings. The molecule has 0 amide bonds. The van der Waals surface area contributed by atoms with Crippen molar-refractivity contribution < 1.29 is 0 Å². The van der Waals surface area contributed by atoms with Crippen LogP contribution in [0.5, 0.6) is 0 Å². The van der Waals surface area contributed by atoms with Crippen molar-refractivity contribution in [3.8, 4) is 6.07 Å². The van der Waals surface area contributed by atoms with E-state index in [1.165, 1.54) is 10.3 Å². The molecule has 1 unspecified atom stereocenters. The average Bonchev–Trinajstić information content (AvgIpc) is 2.90. The van der Waals surface area contributed by atoms with Gasteiger partial charge >= 0.3 is 0 Å². The molecule has 4 heteroatoms. The van der Waals surface area contributed by atoms with E-state index < -0.39 is 0 Å². The molecule has 98 valence electrons. The maximum absolute atomic E-state index is 9.04. The molecule has 0 bridgehead atoms. The van der Waals surface area contributed by atoms with Crippen molar-refractivity contribution in [2.24, 2.45) is 0 Å². The number of hydrogen-bond acceptors (Lipinski definition) is 4. The second-order valence-corrected chi connectivity index (χ2v) is 6.81. The Kier molecular flexibility index (Phi) is 4.00. The van der Waals surface area contributed by atoms with Gasteiger partial charge in [0.1, 0.15) is 0 Å². The Morgan fingerprint density at radius 1 is 1.10 bits per heavy atom. The molecule has 0 saturated heterocycles. The molecule has 0 fully saturated rings. The largest absolute Gasteiger partial charge is 0.230 e. The lowest BCUT2D eigenvalue weighted by Crippen LogP contribution is -1.92. The predicted molar refractivity (Wildman–Crippen MR) is 84.9 cm³/mol. The molecule has 0 radical (unpaired) electrons. The zero-order valence-electron chi connectivity index (χ0n) is 10.7. The van der Waals surface area contributed by atoms with Gasteiger partial charge in [0, 0.05) is 5.25 Å². The van der Waals surface area contributed by atoms with Crippen LogP contribution in [0.1, 0.15) is 17.2 Å². The molecule has 1 aromatic heterocycles. The van der Waals surface area contributed by atoms with Crippen LogP contribution in [0.3, 0.4) is 0 Å². The van der Waals surface area contributed by atoms with Crippen LogP contribution in [-0.4, -0.2) is 4.98 Å². The highest BCUT2D eigenvalue weighted by molar-refractivity contribution is 8.01. The summed E-state index contributed by atoms with van der Waals surface area (Å²) in [5.74, 6) is 0. The van der Waals surface area contributed by atoms with Gasteiger partial charge in [0.25, 0.3) is 0 Å². The summed E-state index contributed by atoms with van der Waals surface area (Å²) in [7, 11) is 0.